The van der Waals surface area contributed by atoms with Gasteiger partial charge < -0.3 is 30.1 Å². The third kappa shape index (κ3) is 4.56. The number of carbonyl (C=O) groups is 1. The van der Waals surface area contributed by atoms with Gasteiger partial charge >= 0.3 is 6.09 Å². The summed E-state index contributed by atoms with van der Waals surface area (Å²) >= 11 is 1.42. The molecule has 2 atom stereocenters. The monoisotopic (exact) mass is 473 g/mol. The van der Waals surface area contributed by atoms with E-state index in [1.54, 1.807) is 24.8 Å². The number of nitrogens with one attached hydrogen (secondary N) is 2. The molecular weight excluding hydrogens is 446 g/mol. The van der Waals surface area contributed by atoms with Crippen molar-refractivity contribution >= 4 is 45.4 Å². The normalized spacial score (nSPS) is 18.4. The lowest BCUT2D eigenvalue weighted by molar-refractivity contribution is 0.182. The smallest absolute Gasteiger partial charge is 0.404 e. The van der Waals surface area contributed by atoms with Crippen LogP contribution in [-0.4, -0.2) is 64.0 Å². The largest absolute Gasteiger partial charge is 0.491 e. The molecule has 33 heavy (non-hydrogen) atoms. The molecule has 0 aromatic carbocycles. The Morgan fingerprint density at radius 2 is 2.00 bits per heavy atom. The first kappa shape index (κ1) is 22.8. The summed E-state index contributed by atoms with van der Waals surface area (Å²) < 4.78 is 10.6. The van der Waals surface area contributed by atoms with E-state index in [4.69, 9.17) is 19.4 Å². The summed E-state index contributed by atoms with van der Waals surface area (Å²) in [5.74, 6) is 2.42. The number of ether oxygens (including phenoxy) is 2. The number of methoxy groups -OCH3 is 2. The second kappa shape index (κ2) is 8.85. The molecule has 4 rings (SSSR count). The maximum absolute atomic E-state index is 11.4. The Bertz CT molecular complexity index is 1160. The van der Waals surface area contributed by atoms with Gasteiger partial charge in [-0.2, -0.15) is 15.0 Å². The molecule has 0 spiro atoms. The third-order valence-electron chi connectivity index (χ3n) is 5.52. The molecule has 4 heterocycles. The van der Waals surface area contributed by atoms with Gasteiger partial charge in [0.2, 0.25) is 5.95 Å². The van der Waals surface area contributed by atoms with Crippen molar-refractivity contribution in [2.45, 2.75) is 39.3 Å². The number of anilines is 3. The molecule has 1 aliphatic rings. The predicted octanol–water partition coefficient (Wildman–Crippen LogP) is 3.50. The number of amides is 1. The summed E-state index contributed by atoms with van der Waals surface area (Å²) in [5, 5.41) is 15.2. The molecule has 0 aliphatic carbocycles. The molecule has 0 bridgehead atoms. The fourth-order valence-corrected chi connectivity index (χ4v) is 4.94. The van der Waals surface area contributed by atoms with Crippen LogP contribution in [0.1, 0.15) is 27.2 Å². The van der Waals surface area contributed by atoms with E-state index in [1.165, 1.54) is 18.4 Å². The topological polar surface area (TPSA) is 135 Å². The van der Waals surface area contributed by atoms with E-state index in [9.17, 15) is 9.90 Å². The van der Waals surface area contributed by atoms with E-state index in [2.05, 4.69) is 46.3 Å². The van der Waals surface area contributed by atoms with Gasteiger partial charge in [0.1, 0.15) is 11.3 Å². The number of hydrogen-bond donors (Lipinski definition) is 3. The van der Waals surface area contributed by atoms with Crippen molar-refractivity contribution in [2.24, 2.45) is 5.41 Å². The van der Waals surface area contributed by atoms with Crippen LogP contribution in [-0.2, 0) is 0 Å². The Morgan fingerprint density at radius 1 is 1.21 bits per heavy atom. The molecule has 2 unspecified atom stereocenters. The number of aromatic nitrogens is 4. The van der Waals surface area contributed by atoms with Crippen molar-refractivity contribution in [3.05, 3.63) is 17.6 Å². The highest BCUT2D eigenvalue weighted by molar-refractivity contribution is 7.16. The molecule has 1 saturated heterocycles. The van der Waals surface area contributed by atoms with E-state index in [1.807, 2.05) is 0 Å². The number of fused-ring (bicyclic) bond motifs is 1. The standard InChI is InChI=1S/C21H27N7O4S/c1-21(2,3)15-11(23-20(29)30)8-9-28(15)19-26-16(14-18(27-19)33-10-22-14)24-13-7-6-12(31-4)17(25-13)32-5/h6-7,10-11,15,23H,8-9H2,1-5H3,(H,29,30)(H,24,25,26,27). The first-order valence-electron chi connectivity index (χ1n) is 10.4. The maximum atomic E-state index is 11.4. The summed E-state index contributed by atoms with van der Waals surface area (Å²) in [6.45, 7) is 6.89. The van der Waals surface area contributed by atoms with Gasteiger partial charge in [0.25, 0.3) is 5.88 Å². The van der Waals surface area contributed by atoms with Crippen molar-refractivity contribution in [3.8, 4) is 11.6 Å². The Labute approximate surface area is 195 Å². The summed E-state index contributed by atoms with van der Waals surface area (Å²) in [4.78, 5) is 32.6. The predicted molar refractivity (Wildman–Crippen MR) is 126 cm³/mol. The van der Waals surface area contributed by atoms with Crippen molar-refractivity contribution in [1.82, 2.24) is 25.3 Å². The second-order valence-corrected chi connectivity index (χ2v) is 9.59. The Balaban J connectivity index is 1.73. The number of thiazole rings is 1. The van der Waals surface area contributed by atoms with Crippen molar-refractivity contribution in [2.75, 3.05) is 31.0 Å². The summed E-state index contributed by atoms with van der Waals surface area (Å²) in [6.07, 6.45) is -0.366. The molecule has 176 valence electrons. The fraction of sp³-hybridized carbons (Fsp3) is 0.476. The minimum atomic E-state index is -1.03. The summed E-state index contributed by atoms with van der Waals surface area (Å²) in [7, 11) is 3.08. The molecule has 3 N–H and O–H groups in total. The summed E-state index contributed by atoms with van der Waals surface area (Å²) in [6, 6.07) is 3.17. The molecule has 0 saturated carbocycles. The van der Waals surface area contributed by atoms with Gasteiger partial charge in [0.15, 0.2) is 16.4 Å². The van der Waals surface area contributed by atoms with E-state index < -0.39 is 6.09 Å². The highest BCUT2D eigenvalue weighted by Crippen LogP contribution is 2.37. The molecule has 0 radical (unpaired) electrons. The average molecular weight is 474 g/mol. The molecule has 3 aromatic rings. The Hall–Kier alpha value is -3.41. The molecule has 12 heteroatoms. The Kier molecular flexibility index (Phi) is 6.11. The highest BCUT2D eigenvalue weighted by Gasteiger charge is 2.43. The lowest BCUT2D eigenvalue weighted by Gasteiger charge is -2.38. The quantitative estimate of drug-likeness (QED) is 0.488. The number of pyridine rings is 1. The zero-order chi connectivity index (χ0) is 23.8. The number of nitrogens with zero attached hydrogens (tertiary/aromatic N) is 5. The fourth-order valence-electron chi connectivity index (χ4n) is 4.28. The van der Waals surface area contributed by atoms with Gasteiger partial charge in [-0.05, 0) is 24.0 Å². The van der Waals surface area contributed by atoms with Crippen LogP contribution in [0.3, 0.4) is 0 Å². The minimum Gasteiger partial charge on any atom is -0.491 e. The molecule has 3 aromatic heterocycles. The first-order valence-corrected chi connectivity index (χ1v) is 11.3. The zero-order valence-electron chi connectivity index (χ0n) is 19.1. The molecule has 1 fully saturated rings. The lowest BCUT2D eigenvalue weighted by Crippen LogP contribution is -2.51. The molecule has 11 nitrogen and oxygen atoms in total. The number of hydrogen-bond acceptors (Lipinski definition) is 10. The molecular formula is C21H27N7O4S. The third-order valence-corrected chi connectivity index (χ3v) is 6.24. The van der Waals surface area contributed by atoms with Gasteiger partial charge in [-0.1, -0.05) is 20.8 Å². The number of carboxylic acid groups (broad SMARTS) is 1. The second-order valence-electron chi connectivity index (χ2n) is 8.76. The van der Waals surface area contributed by atoms with Crippen molar-refractivity contribution in [1.29, 1.82) is 0 Å². The van der Waals surface area contributed by atoms with E-state index in [0.717, 1.165) is 4.83 Å². The van der Waals surface area contributed by atoms with Gasteiger partial charge in [-0.3, -0.25) is 0 Å². The van der Waals surface area contributed by atoms with Crippen LogP contribution < -0.4 is 25.0 Å². The van der Waals surface area contributed by atoms with Crippen LogP contribution in [0.4, 0.5) is 22.4 Å². The Morgan fingerprint density at radius 3 is 2.67 bits per heavy atom. The van der Waals surface area contributed by atoms with Crippen LogP contribution in [0.2, 0.25) is 0 Å². The van der Waals surface area contributed by atoms with Crippen LogP contribution in [0.25, 0.3) is 10.3 Å². The summed E-state index contributed by atoms with van der Waals surface area (Å²) in [5.41, 5.74) is 2.14. The van der Waals surface area contributed by atoms with Gasteiger partial charge in [-0.15, -0.1) is 11.3 Å². The number of rotatable bonds is 6. The average Bonchev–Trinajstić information content (AvgIpc) is 3.40. The van der Waals surface area contributed by atoms with Gasteiger partial charge in [-0.25, -0.2) is 9.78 Å². The zero-order valence-corrected chi connectivity index (χ0v) is 19.9. The highest BCUT2D eigenvalue weighted by atomic mass is 32.1. The lowest BCUT2D eigenvalue weighted by atomic mass is 9.82. The van der Waals surface area contributed by atoms with E-state index >= 15 is 0 Å². The minimum absolute atomic E-state index is 0.119. The van der Waals surface area contributed by atoms with Gasteiger partial charge in [0, 0.05) is 6.54 Å². The SMILES string of the molecule is COc1ccc(Nc2nc(N3CCC(NC(=O)O)C3C(C)(C)C)nc3scnc23)nc1OC. The van der Waals surface area contributed by atoms with E-state index in [0.29, 0.717) is 47.7 Å². The van der Waals surface area contributed by atoms with Gasteiger partial charge in [0.05, 0.1) is 31.8 Å². The maximum Gasteiger partial charge on any atom is 0.404 e. The van der Waals surface area contributed by atoms with Crippen molar-refractivity contribution in [3.63, 3.8) is 0 Å². The van der Waals surface area contributed by atoms with Crippen LogP contribution in [0.15, 0.2) is 17.6 Å². The van der Waals surface area contributed by atoms with Crippen LogP contribution in [0, 0.1) is 5.41 Å². The molecule has 1 amide bonds. The van der Waals surface area contributed by atoms with Crippen molar-refractivity contribution < 1.29 is 19.4 Å². The van der Waals surface area contributed by atoms with E-state index in [-0.39, 0.29) is 17.5 Å². The first-order chi connectivity index (χ1) is 15.7. The van der Waals surface area contributed by atoms with Crippen LogP contribution >= 0.6 is 11.3 Å². The van der Waals surface area contributed by atoms with Crippen LogP contribution in [0.5, 0.6) is 11.6 Å². The molecule has 1 aliphatic heterocycles.